The Hall–Kier alpha value is -1.81. The van der Waals surface area contributed by atoms with E-state index in [-0.39, 0.29) is 10.5 Å². The number of rotatable bonds is 7. The standard InChI is InChI=1S/C20H27NO2S/c1-5-14(3)17-13-24(12-16-10-8-7-9-11-16)19(21-20(22)23)18(17)15(4)6-2/h7-11,13-15,21H,5-6,12H2,1-4H3/p+1. The summed E-state index contributed by atoms with van der Waals surface area (Å²) >= 11 is 0. The summed E-state index contributed by atoms with van der Waals surface area (Å²) in [6.07, 6.45) is 1.11. The zero-order valence-electron chi connectivity index (χ0n) is 15.0. The van der Waals surface area contributed by atoms with Crippen LogP contribution in [0.5, 0.6) is 0 Å². The molecule has 0 aliphatic carbocycles. The molecule has 0 bridgehead atoms. The third kappa shape index (κ3) is 4.18. The van der Waals surface area contributed by atoms with Gasteiger partial charge in [-0.2, -0.15) is 0 Å². The Kier molecular flexibility index (Phi) is 6.44. The van der Waals surface area contributed by atoms with Crippen molar-refractivity contribution in [2.45, 2.75) is 58.1 Å². The van der Waals surface area contributed by atoms with Crippen LogP contribution in [0, 0.1) is 0 Å². The average Bonchev–Trinajstić information content (AvgIpc) is 2.92. The summed E-state index contributed by atoms with van der Waals surface area (Å²) in [5, 5.41) is 15.3. The van der Waals surface area contributed by atoms with Gasteiger partial charge in [-0.15, -0.1) is 0 Å². The van der Waals surface area contributed by atoms with Crippen molar-refractivity contribution >= 4 is 21.6 Å². The molecule has 4 heteroatoms. The summed E-state index contributed by atoms with van der Waals surface area (Å²) in [6.45, 7) is 8.79. The van der Waals surface area contributed by atoms with Crippen LogP contribution in [0.4, 0.5) is 9.80 Å². The highest BCUT2D eigenvalue weighted by molar-refractivity contribution is 7.33. The molecule has 3 unspecified atom stereocenters. The maximum atomic E-state index is 11.4. The number of nitrogens with one attached hydrogen (secondary N) is 1. The van der Waals surface area contributed by atoms with Crippen LogP contribution < -0.4 is 5.32 Å². The van der Waals surface area contributed by atoms with Crippen molar-refractivity contribution in [2.75, 3.05) is 5.32 Å². The molecule has 0 saturated heterocycles. The monoisotopic (exact) mass is 346 g/mol. The molecular formula is C20H28NO2S+. The van der Waals surface area contributed by atoms with E-state index in [2.05, 4.69) is 50.5 Å². The Morgan fingerprint density at radius 3 is 2.29 bits per heavy atom. The molecule has 24 heavy (non-hydrogen) atoms. The summed E-state index contributed by atoms with van der Waals surface area (Å²) in [5.74, 6) is 1.67. The molecule has 3 nitrogen and oxygen atoms in total. The second kappa shape index (κ2) is 8.34. The number of amides is 1. The molecule has 0 aliphatic heterocycles. The summed E-state index contributed by atoms with van der Waals surface area (Å²) < 4.78 is 0. The van der Waals surface area contributed by atoms with Gasteiger partial charge in [0.25, 0.3) is 5.00 Å². The summed E-state index contributed by atoms with van der Waals surface area (Å²) in [5.41, 5.74) is 3.82. The molecule has 0 aliphatic rings. The van der Waals surface area contributed by atoms with E-state index in [1.807, 2.05) is 18.2 Å². The van der Waals surface area contributed by atoms with Gasteiger partial charge in [-0.05, 0) is 24.7 Å². The summed E-state index contributed by atoms with van der Waals surface area (Å²) in [6, 6.07) is 10.3. The SMILES string of the molecule is CCC(C)c1c[s+](Cc2ccccc2)c(NC(=O)O)c1C(C)CC. The van der Waals surface area contributed by atoms with Crippen LogP contribution in [0.15, 0.2) is 35.7 Å². The van der Waals surface area contributed by atoms with Crippen molar-refractivity contribution in [3.8, 4) is 0 Å². The number of hydrogen-bond acceptors (Lipinski definition) is 1. The molecule has 1 aromatic heterocycles. The Morgan fingerprint density at radius 2 is 1.75 bits per heavy atom. The van der Waals surface area contributed by atoms with E-state index in [0.717, 1.165) is 23.6 Å². The van der Waals surface area contributed by atoms with Crippen molar-refractivity contribution in [3.05, 3.63) is 52.4 Å². The first-order valence-corrected chi connectivity index (χ1v) is 10.1. The van der Waals surface area contributed by atoms with Gasteiger partial charge in [0.2, 0.25) is 0 Å². The van der Waals surface area contributed by atoms with Gasteiger partial charge >= 0.3 is 6.09 Å². The number of thiophene rings is 1. The average molecular weight is 347 g/mol. The topological polar surface area (TPSA) is 49.3 Å². The fraction of sp³-hybridized carbons (Fsp3) is 0.450. The predicted octanol–water partition coefficient (Wildman–Crippen LogP) is 6.60. The fourth-order valence-corrected chi connectivity index (χ4v) is 5.34. The van der Waals surface area contributed by atoms with Gasteiger partial charge in [-0.25, -0.2) is 10.1 Å². The Labute approximate surface area is 147 Å². The van der Waals surface area contributed by atoms with E-state index in [4.69, 9.17) is 0 Å². The van der Waals surface area contributed by atoms with Crippen LogP contribution in [-0.4, -0.2) is 11.2 Å². The minimum Gasteiger partial charge on any atom is -0.465 e. The van der Waals surface area contributed by atoms with E-state index in [0.29, 0.717) is 11.8 Å². The quantitative estimate of drug-likeness (QED) is 0.555. The number of hydrogen-bond donors (Lipinski definition) is 2. The zero-order chi connectivity index (χ0) is 17.7. The van der Waals surface area contributed by atoms with Crippen LogP contribution in [0.25, 0.3) is 0 Å². The lowest BCUT2D eigenvalue weighted by molar-refractivity contribution is 0.210. The summed E-state index contributed by atoms with van der Waals surface area (Å²) in [7, 11) is -0.215. The van der Waals surface area contributed by atoms with Gasteiger partial charge in [-0.1, -0.05) is 58.0 Å². The maximum absolute atomic E-state index is 11.4. The third-order valence-corrected chi connectivity index (χ3v) is 6.75. The predicted molar refractivity (Wildman–Crippen MR) is 104 cm³/mol. The van der Waals surface area contributed by atoms with Gasteiger partial charge in [0, 0.05) is 27.2 Å². The lowest BCUT2D eigenvalue weighted by Gasteiger charge is -2.14. The highest BCUT2D eigenvalue weighted by Crippen LogP contribution is 2.47. The van der Waals surface area contributed by atoms with Crippen molar-refractivity contribution in [3.63, 3.8) is 0 Å². The lowest BCUT2D eigenvalue weighted by atomic mass is 9.89. The molecule has 0 radical (unpaired) electrons. The minimum atomic E-state index is -0.963. The van der Waals surface area contributed by atoms with E-state index < -0.39 is 6.09 Å². The lowest BCUT2D eigenvalue weighted by Crippen LogP contribution is -2.10. The second-order valence-electron chi connectivity index (χ2n) is 6.42. The smallest absolute Gasteiger partial charge is 0.412 e. The normalized spacial score (nSPS) is 14.2. The molecule has 0 fully saturated rings. The molecule has 1 heterocycles. The van der Waals surface area contributed by atoms with Crippen molar-refractivity contribution in [1.29, 1.82) is 0 Å². The van der Waals surface area contributed by atoms with Crippen LogP contribution in [0.2, 0.25) is 0 Å². The largest absolute Gasteiger partial charge is 0.465 e. The molecule has 1 amide bonds. The van der Waals surface area contributed by atoms with E-state index in [1.54, 1.807) is 0 Å². The highest BCUT2D eigenvalue weighted by atomic mass is 32.2. The summed E-state index contributed by atoms with van der Waals surface area (Å²) in [4.78, 5) is 11.4. The number of carboxylic acid groups (broad SMARTS) is 1. The molecule has 3 atom stereocenters. The van der Waals surface area contributed by atoms with Crippen molar-refractivity contribution in [2.24, 2.45) is 0 Å². The highest BCUT2D eigenvalue weighted by Gasteiger charge is 2.31. The zero-order valence-corrected chi connectivity index (χ0v) is 15.8. The molecule has 2 rings (SSSR count). The van der Waals surface area contributed by atoms with E-state index in [9.17, 15) is 9.90 Å². The molecule has 1 aromatic carbocycles. The molecule has 2 N–H and O–H groups in total. The van der Waals surface area contributed by atoms with Gasteiger partial charge in [0.15, 0.2) is 5.75 Å². The van der Waals surface area contributed by atoms with E-state index >= 15 is 0 Å². The minimum absolute atomic E-state index is 0.215. The van der Waals surface area contributed by atoms with Crippen LogP contribution >= 0.6 is 10.5 Å². The first-order chi connectivity index (χ1) is 11.5. The van der Waals surface area contributed by atoms with Crippen LogP contribution in [0.1, 0.15) is 69.1 Å². The van der Waals surface area contributed by atoms with Gasteiger partial charge < -0.3 is 5.11 Å². The Bertz CT molecular complexity index is 678. The Morgan fingerprint density at radius 1 is 1.12 bits per heavy atom. The third-order valence-electron chi connectivity index (χ3n) is 4.72. The van der Waals surface area contributed by atoms with Crippen molar-refractivity contribution < 1.29 is 9.90 Å². The van der Waals surface area contributed by atoms with Gasteiger partial charge in [0.05, 0.1) is 0 Å². The second-order valence-corrected chi connectivity index (χ2v) is 8.21. The van der Waals surface area contributed by atoms with Crippen LogP contribution in [-0.2, 0) is 5.75 Å². The molecule has 0 saturated carbocycles. The Balaban J connectivity index is 2.55. The van der Waals surface area contributed by atoms with Crippen molar-refractivity contribution in [1.82, 2.24) is 0 Å². The van der Waals surface area contributed by atoms with Gasteiger partial charge in [-0.3, -0.25) is 0 Å². The first-order valence-electron chi connectivity index (χ1n) is 8.67. The number of carbonyl (C=O) groups is 1. The maximum Gasteiger partial charge on any atom is 0.412 e. The van der Waals surface area contributed by atoms with Crippen LogP contribution in [0.3, 0.4) is 0 Å². The molecule has 0 spiro atoms. The fourth-order valence-electron chi connectivity index (χ4n) is 2.96. The van der Waals surface area contributed by atoms with E-state index in [1.165, 1.54) is 16.7 Å². The number of benzene rings is 1. The molecular weight excluding hydrogens is 318 g/mol. The number of anilines is 1. The molecule has 2 aromatic rings. The molecule has 130 valence electrons. The van der Waals surface area contributed by atoms with Gasteiger partial charge in [0.1, 0.15) is 5.38 Å². The first kappa shape index (κ1) is 18.5.